The van der Waals surface area contributed by atoms with Gasteiger partial charge in [-0.3, -0.25) is 0 Å². The lowest BCUT2D eigenvalue weighted by atomic mass is 10.4. The maximum absolute atomic E-state index is 12.3. The van der Waals surface area contributed by atoms with Gasteiger partial charge in [-0.25, -0.2) is 8.42 Å². The number of likely N-dealkylation sites (N-methyl/N-ethyl adjacent to an activating group) is 1. The van der Waals surface area contributed by atoms with Crippen molar-refractivity contribution in [2.45, 2.75) is 11.8 Å². The van der Waals surface area contributed by atoms with Gasteiger partial charge in [-0.05, 0) is 34.1 Å². The van der Waals surface area contributed by atoms with Crippen LogP contribution in [0, 0.1) is 0 Å². The van der Waals surface area contributed by atoms with E-state index in [0.717, 1.165) is 4.31 Å². The van der Waals surface area contributed by atoms with Crippen LogP contribution in [0.2, 0.25) is 5.02 Å². The molecule has 0 unspecified atom stereocenters. The van der Waals surface area contributed by atoms with Crippen molar-refractivity contribution in [1.82, 2.24) is 4.31 Å². The van der Waals surface area contributed by atoms with Crippen LogP contribution < -0.4 is 5.73 Å². The van der Waals surface area contributed by atoms with E-state index in [2.05, 4.69) is 21.1 Å². The van der Waals surface area contributed by atoms with Crippen molar-refractivity contribution in [1.29, 1.82) is 0 Å². The molecule has 0 saturated heterocycles. The Morgan fingerprint density at radius 3 is 2.68 bits per heavy atom. The van der Waals surface area contributed by atoms with Gasteiger partial charge in [0, 0.05) is 11.0 Å². The SMILES string of the molecule is CCN(C/C(N)=N/O)S(=O)(=O)c1ccc(Cl)c(Br)c1. The van der Waals surface area contributed by atoms with Crippen molar-refractivity contribution in [2.75, 3.05) is 13.1 Å². The van der Waals surface area contributed by atoms with Crippen LogP contribution in [0.25, 0.3) is 0 Å². The molecule has 0 heterocycles. The Hall–Kier alpha value is -0.830. The van der Waals surface area contributed by atoms with Crippen molar-refractivity contribution in [3.8, 4) is 0 Å². The van der Waals surface area contributed by atoms with Gasteiger partial charge in [-0.2, -0.15) is 4.31 Å². The summed E-state index contributed by atoms with van der Waals surface area (Å²) >= 11 is 8.99. The fourth-order valence-electron chi connectivity index (χ4n) is 1.37. The summed E-state index contributed by atoms with van der Waals surface area (Å²) in [6.07, 6.45) is 0. The predicted molar refractivity (Wildman–Crippen MR) is 77.0 cm³/mol. The summed E-state index contributed by atoms with van der Waals surface area (Å²) in [4.78, 5) is 0.0800. The Kier molecular flexibility index (Phi) is 5.60. The van der Waals surface area contributed by atoms with E-state index >= 15 is 0 Å². The number of nitrogens with two attached hydrogens (primary N) is 1. The Morgan fingerprint density at radius 1 is 1.58 bits per heavy atom. The molecule has 0 spiro atoms. The van der Waals surface area contributed by atoms with Gasteiger partial charge in [-0.15, -0.1) is 0 Å². The van der Waals surface area contributed by atoms with Crippen LogP contribution >= 0.6 is 27.5 Å². The number of benzene rings is 1. The third-order valence-electron chi connectivity index (χ3n) is 2.35. The molecule has 19 heavy (non-hydrogen) atoms. The van der Waals surface area contributed by atoms with E-state index < -0.39 is 10.0 Å². The quantitative estimate of drug-likeness (QED) is 0.358. The Morgan fingerprint density at radius 2 is 2.21 bits per heavy atom. The first kappa shape index (κ1) is 16.2. The molecular formula is C10H13BrClN3O3S. The van der Waals surface area contributed by atoms with Crippen LogP contribution in [-0.4, -0.2) is 36.9 Å². The highest BCUT2D eigenvalue weighted by Gasteiger charge is 2.24. The van der Waals surface area contributed by atoms with E-state index in [1.807, 2.05) is 0 Å². The molecule has 0 atom stereocenters. The van der Waals surface area contributed by atoms with E-state index in [-0.39, 0.29) is 23.8 Å². The second-order valence-corrected chi connectivity index (χ2v) is 6.80. The van der Waals surface area contributed by atoms with E-state index in [9.17, 15) is 8.42 Å². The minimum atomic E-state index is -3.72. The number of nitrogens with zero attached hydrogens (tertiary/aromatic N) is 2. The van der Waals surface area contributed by atoms with Gasteiger partial charge >= 0.3 is 0 Å². The highest BCUT2D eigenvalue weighted by molar-refractivity contribution is 9.10. The predicted octanol–water partition coefficient (Wildman–Crippen LogP) is 1.86. The Bertz CT molecular complexity index is 592. The zero-order valence-corrected chi connectivity index (χ0v) is 13.2. The van der Waals surface area contributed by atoms with Crippen molar-refractivity contribution in [3.05, 3.63) is 27.7 Å². The first-order valence-electron chi connectivity index (χ1n) is 5.24. The van der Waals surface area contributed by atoms with Crippen LogP contribution in [-0.2, 0) is 10.0 Å². The minimum absolute atomic E-state index is 0.0800. The molecule has 6 nitrogen and oxygen atoms in total. The number of sulfonamides is 1. The van der Waals surface area contributed by atoms with Gasteiger partial charge in [0.05, 0.1) is 16.5 Å². The minimum Gasteiger partial charge on any atom is -0.409 e. The third kappa shape index (κ3) is 3.82. The number of amidine groups is 1. The molecule has 106 valence electrons. The molecule has 1 aromatic carbocycles. The van der Waals surface area contributed by atoms with Crippen molar-refractivity contribution < 1.29 is 13.6 Å². The summed E-state index contributed by atoms with van der Waals surface area (Å²) in [6, 6.07) is 4.29. The van der Waals surface area contributed by atoms with E-state index in [0.29, 0.717) is 9.50 Å². The fourth-order valence-corrected chi connectivity index (χ4v) is 3.46. The molecule has 0 fully saturated rings. The highest BCUT2D eigenvalue weighted by Crippen LogP contribution is 2.26. The summed E-state index contributed by atoms with van der Waals surface area (Å²) in [6.45, 7) is 1.67. The molecular weight excluding hydrogens is 358 g/mol. The largest absolute Gasteiger partial charge is 0.409 e. The van der Waals surface area contributed by atoms with E-state index in [1.165, 1.54) is 18.2 Å². The van der Waals surface area contributed by atoms with Crippen LogP contribution in [0.3, 0.4) is 0 Å². The molecule has 0 aliphatic rings. The van der Waals surface area contributed by atoms with Crippen LogP contribution in [0.4, 0.5) is 0 Å². The first-order chi connectivity index (χ1) is 8.82. The van der Waals surface area contributed by atoms with Crippen molar-refractivity contribution in [2.24, 2.45) is 10.9 Å². The average Bonchev–Trinajstić information content (AvgIpc) is 2.38. The summed E-state index contributed by atoms with van der Waals surface area (Å²) in [7, 11) is -3.72. The maximum atomic E-state index is 12.3. The zero-order chi connectivity index (χ0) is 14.6. The molecule has 3 N–H and O–H groups in total. The van der Waals surface area contributed by atoms with Crippen molar-refractivity contribution in [3.63, 3.8) is 0 Å². The lowest BCUT2D eigenvalue weighted by Gasteiger charge is -2.19. The molecule has 0 saturated carbocycles. The average molecular weight is 371 g/mol. The van der Waals surface area contributed by atoms with Gasteiger partial charge in [-0.1, -0.05) is 23.7 Å². The fraction of sp³-hybridized carbons (Fsp3) is 0.300. The molecule has 0 amide bonds. The summed E-state index contributed by atoms with van der Waals surface area (Å²) in [5.41, 5.74) is 5.34. The molecule has 1 aromatic rings. The van der Waals surface area contributed by atoms with Crippen LogP contribution in [0.5, 0.6) is 0 Å². The summed E-state index contributed by atoms with van der Waals surface area (Å²) in [5, 5.41) is 11.7. The monoisotopic (exact) mass is 369 g/mol. The maximum Gasteiger partial charge on any atom is 0.243 e. The third-order valence-corrected chi connectivity index (χ3v) is 5.48. The number of oxime groups is 1. The zero-order valence-electron chi connectivity index (χ0n) is 10.0. The lowest BCUT2D eigenvalue weighted by molar-refractivity contribution is 0.315. The number of halogens is 2. The second kappa shape index (κ2) is 6.56. The van der Waals surface area contributed by atoms with Crippen LogP contribution in [0.1, 0.15) is 6.92 Å². The first-order valence-corrected chi connectivity index (χ1v) is 7.85. The van der Waals surface area contributed by atoms with E-state index in [4.69, 9.17) is 22.5 Å². The van der Waals surface area contributed by atoms with Gasteiger partial charge in [0.2, 0.25) is 10.0 Å². The van der Waals surface area contributed by atoms with Gasteiger partial charge in [0.15, 0.2) is 5.84 Å². The normalized spacial score (nSPS) is 12.9. The number of hydrogen-bond donors (Lipinski definition) is 2. The van der Waals surface area contributed by atoms with Gasteiger partial charge in [0.1, 0.15) is 0 Å². The van der Waals surface area contributed by atoms with Gasteiger partial charge in [0.25, 0.3) is 0 Å². The van der Waals surface area contributed by atoms with Gasteiger partial charge < -0.3 is 10.9 Å². The number of hydrogen-bond acceptors (Lipinski definition) is 4. The molecule has 0 aliphatic heterocycles. The molecule has 0 aliphatic carbocycles. The molecule has 0 aromatic heterocycles. The lowest BCUT2D eigenvalue weighted by Crippen LogP contribution is -2.38. The number of rotatable bonds is 5. The molecule has 1 rings (SSSR count). The molecule has 0 bridgehead atoms. The Balaban J connectivity index is 3.16. The van der Waals surface area contributed by atoms with Crippen molar-refractivity contribution >= 4 is 43.4 Å². The summed E-state index contributed by atoms with van der Waals surface area (Å²) in [5.74, 6) is -0.182. The van der Waals surface area contributed by atoms with Crippen LogP contribution in [0.15, 0.2) is 32.7 Å². The summed E-state index contributed by atoms with van der Waals surface area (Å²) < 4.78 is 26.3. The topological polar surface area (TPSA) is 96.0 Å². The second-order valence-electron chi connectivity index (χ2n) is 3.60. The Labute approximate surface area is 125 Å². The van der Waals surface area contributed by atoms with E-state index in [1.54, 1.807) is 6.92 Å². The smallest absolute Gasteiger partial charge is 0.243 e. The standard InChI is InChI=1S/C10H13BrClN3O3S/c1-2-15(6-10(13)14-16)19(17,18)7-3-4-9(12)8(11)5-7/h3-5,16H,2,6H2,1H3,(H2,13,14). The molecule has 0 radical (unpaired) electrons. The highest BCUT2D eigenvalue weighted by atomic mass is 79.9. The molecule has 9 heteroatoms.